The molecule has 2 saturated heterocycles. The van der Waals surface area contributed by atoms with E-state index in [1.807, 2.05) is 63.7 Å². The summed E-state index contributed by atoms with van der Waals surface area (Å²) in [5, 5.41) is 2.27. The molecule has 52 heavy (non-hydrogen) atoms. The molecule has 2 aliphatic carbocycles. The number of fused-ring (bicyclic) bond motifs is 3. The number of amides is 2. The summed E-state index contributed by atoms with van der Waals surface area (Å²) < 4.78 is 11.5. The van der Waals surface area contributed by atoms with E-state index in [-0.39, 0.29) is 36.4 Å². The van der Waals surface area contributed by atoms with E-state index >= 15 is 0 Å². The van der Waals surface area contributed by atoms with Gasteiger partial charge in [-0.3, -0.25) is 9.80 Å². The summed E-state index contributed by atoms with van der Waals surface area (Å²) in [5.41, 5.74) is 5.12. The Balaban J connectivity index is 0.952. The molecule has 0 radical (unpaired) electrons. The molecule has 6 atom stereocenters. The fourth-order valence-electron chi connectivity index (χ4n) is 8.48. The van der Waals surface area contributed by atoms with Crippen molar-refractivity contribution < 1.29 is 19.1 Å². The van der Waals surface area contributed by atoms with Gasteiger partial charge in [0.15, 0.2) is 0 Å². The summed E-state index contributed by atoms with van der Waals surface area (Å²) in [7, 11) is 0. The van der Waals surface area contributed by atoms with E-state index in [1.54, 1.807) is 0 Å². The lowest BCUT2D eigenvalue weighted by Crippen LogP contribution is -2.38. The molecule has 0 unspecified atom stereocenters. The largest absolute Gasteiger partial charge is 0.444 e. The number of carbonyl (C=O) groups is 2. The van der Waals surface area contributed by atoms with Crippen molar-refractivity contribution in [1.82, 2.24) is 29.7 Å². The second-order valence-electron chi connectivity index (χ2n) is 17.1. The lowest BCUT2D eigenvalue weighted by molar-refractivity contribution is 0.0164. The van der Waals surface area contributed by atoms with Crippen LogP contribution in [0.5, 0.6) is 0 Å². The molecule has 2 amide bonds. The minimum atomic E-state index is -0.547. The Morgan fingerprint density at radius 2 is 1.08 bits per heavy atom. The number of rotatable bonds is 5. The van der Waals surface area contributed by atoms with Crippen molar-refractivity contribution in [3.8, 4) is 33.6 Å². The highest BCUT2D eigenvalue weighted by molar-refractivity contribution is 6.04. The number of benzene rings is 3. The molecular formula is C42H46N6O4. The molecule has 0 spiro atoms. The van der Waals surface area contributed by atoms with Gasteiger partial charge in [0.05, 0.1) is 35.9 Å². The number of hydrogen-bond acceptors (Lipinski definition) is 6. The number of hydrogen-bond donors (Lipinski definition) is 2. The predicted molar refractivity (Wildman–Crippen MR) is 199 cm³/mol. The van der Waals surface area contributed by atoms with E-state index in [2.05, 4.69) is 70.6 Å². The Labute approximate surface area is 303 Å². The van der Waals surface area contributed by atoms with Gasteiger partial charge in [-0.2, -0.15) is 0 Å². The number of nitrogens with zero attached hydrogens (tertiary/aromatic N) is 4. The van der Waals surface area contributed by atoms with Gasteiger partial charge in [-0.25, -0.2) is 19.6 Å². The molecule has 2 aliphatic heterocycles. The minimum absolute atomic E-state index is 0.102. The maximum atomic E-state index is 13.2. The number of H-pyrrole nitrogens is 2. The lowest BCUT2D eigenvalue weighted by Gasteiger charge is -2.29. The lowest BCUT2D eigenvalue weighted by atomic mass is 9.94. The average molecular weight is 699 g/mol. The van der Waals surface area contributed by atoms with Gasteiger partial charge in [-0.05, 0) is 107 Å². The Hall–Kier alpha value is -5.12. The molecule has 10 nitrogen and oxygen atoms in total. The summed E-state index contributed by atoms with van der Waals surface area (Å²) in [6.45, 7) is 11.4. The van der Waals surface area contributed by atoms with Crippen LogP contribution in [0, 0.1) is 11.8 Å². The molecule has 2 aromatic heterocycles. The van der Waals surface area contributed by atoms with Gasteiger partial charge in [-0.1, -0.05) is 60.7 Å². The third-order valence-electron chi connectivity index (χ3n) is 11.0. The van der Waals surface area contributed by atoms with Crippen molar-refractivity contribution in [3.05, 3.63) is 84.7 Å². The second-order valence-corrected chi connectivity index (χ2v) is 17.1. The van der Waals surface area contributed by atoms with E-state index in [0.717, 1.165) is 81.7 Å². The third-order valence-corrected chi connectivity index (χ3v) is 11.0. The molecule has 3 aromatic carbocycles. The second kappa shape index (κ2) is 11.7. The molecule has 2 N–H and O–H groups in total. The molecule has 5 aromatic rings. The molecule has 10 heteroatoms. The first-order valence-electron chi connectivity index (χ1n) is 18.6. The Bertz CT molecular complexity index is 2190. The van der Waals surface area contributed by atoms with Crippen LogP contribution in [0.15, 0.2) is 73.1 Å². The Kier molecular flexibility index (Phi) is 7.37. The van der Waals surface area contributed by atoms with Gasteiger partial charge in [0.1, 0.15) is 22.9 Å². The number of piperidine rings is 2. The first kappa shape index (κ1) is 32.8. The minimum Gasteiger partial charge on any atom is -0.444 e. The van der Waals surface area contributed by atoms with Crippen molar-refractivity contribution in [2.75, 3.05) is 0 Å². The average Bonchev–Trinajstić information content (AvgIpc) is 3.68. The molecular weight excluding hydrogens is 652 g/mol. The number of likely N-dealkylation sites (tertiary alicyclic amines) is 2. The summed E-state index contributed by atoms with van der Waals surface area (Å²) in [6.07, 6.45) is 7.13. The first-order valence-corrected chi connectivity index (χ1v) is 18.6. The van der Waals surface area contributed by atoms with Crippen LogP contribution in [0.1, 0.15) is 91.0 Å². The number of aromatic nitrogens is 4. The smallest absolute Gasteiger partial charge is 0.411 e. The third kappa shape index (κ3) is 5.91. The van der Waals surface area contributed by atoms with Crippen LogP contribution in [0.25, 0.3) is 44.4 Å². The van der Waals surface area contributed by atoms with Gasteiger partial charge < -0.3 is 19.4 Å². The summed E-state index contributed by atoms with van der Waals surface area (Å²) >= 11 is 0. The normalized spacial score (nSPS) is 24.9. The highest BCUT2D eigenvalue weighted by atomic mass is 16.6. The van der Waals surface area contributed by atoms with Gasteiger partial charge in [0, 0.05) is 17.6 Å². The zero-order chi connectivity index (χ0) is 36.1. The topological polar surface area (TPSA) is 116 Å². The summed E-state index contributed by atoms with van der Waals surface area (Å²) in [4.78, 5) is 46.7. The monoisotopic (exact) mass is 698 g/mol. The number of nitrogens with one attached hydrogen (secondary N) is 2. The van der Waals surface area contributed by atoms with Gasteiger partial charge in [0.25, 0.3) is 0 Å². The highest BCUT2D eigenvalue weighted by Gasteiger charge is 2.57. The molecule has 4 fully saturated rings. The molecule has 0 bridgehead atoms. The van der Waals surface area contributed by atoms with Crippen LogP contribution < -0.4 is 0 Å². The van der Waals surface area contributed by atoms with Gasteiger partial charge >= 0.3 is 12.2 Å². The summed E-state index contributed by atoms with van der Waals surface area (Å²) in [6, 6.07) is 21.6. The molecule has 4 heterocycles. The number of ether oxygens (including phenoxy) is 2. The maximum absolute atomic E-state index is 13.2. The zero-order valence-corrected chi connectivity index (χ0v) is 30.6. The van der Waals surface area contributed by atoms with Crippen molar-refractivity contribution in [3.63, 3.8) is 0 Å². The SMILES string of the molecule is CC(C)(C)OC(=O)N1[C@@H](c2ncc(-c3ccc(-c4cccc5c(-c6cnc([C@@H]7C[C@H]8C[C@H]8N7C(=O)OC(C)(C)C)[nH]6)cccc45)cc3)[nH]2)C[C@H]2C[C@H]21. The Morgan fingerprint density at radius 1 is 0.615 bits per heavy atom. The van der Waals surface area contributed by atoms with E-state index < -0.39 is 11.2 Å². The van der Waals surface area contributed by atoms with Crippen molar-refractivity contribution in [2.24, 2.45) is 11.8 Å². The van der Waals surface area contributed by atoms with E-state index in [1.165, 1.54) is 0 Å². The molecule has 4 aliphatic rings. The number of carbonyl (C=O) groups excluding carboxylic acids is 2. The van der Waals surface area contributed by atoms with Crippen LogP contribution in [0.4, 0.5) is 9.59 Å². The number of imidazole rings is 2. The van der Waals surface area contributed by atoms with Crippen LogP contribution >= 0.6 is 0 Å². The van der Waals surface area contributed by atoms with E-state index in [0.29, 0.717) is 11.8 Å². The van der Waals surface area contributed by atoms with Crippen LogP contribution in [-0.2, 0) is 9.47 Å². The van der Waals surface area contributed by atoms with Crippen LogP contribution in [0.2, 0.25) is 0 Å². The van der Waals surface area contributed by atoms with Crippen molar-refractivity contribution >= 4 is 23.0 Å². The zero-order valence-electron chi connectivity index (χ0n) is 30.6. The van der Waals surface area contributed by atoms with Crippen molar-refractivity contribution in [2.45, 2.75) is 103 Å². The van der Waals surface area contributed by atoms with E-state index in [4.69, 9.17) is 19.4 Å². The highest BCUT2D eigenvalue weighted by Crippen LogP contribution is 2.54. The Morgan fingerprint density at radius 3 is 1.62 bits per heavy atom. The summed E-state index contributed by atoms with van der Waals surface area (Å²) in [5.74, 6) is 2.65. The van der Waals surface area contributed by atoms with Crippen LogP contribution in [0.3, 0.4) is 0 Å². The van der Waals surface area contributed by atoms with Gasteiger partial charge in [-0.15, -0.1) is 0 Å². The first-order chi connectivity index (χ1) is 24.8. The quantitative estimate of drug-likeness (QED) is 0.189. The number of aromatic amines is 2. The molecule has 2 saturated carbocycles. The molecule has 9 rings (SSSR count). The van der Waals surface area contributed by atoms with Crippen LogP contribution in [-0.4, -0.2) is 65.2 Å². The van der Waals surface area contributed by atoms with Gasteiger partial charge in [0.2, 0.25) is 0 Å². The fourth-order valence-corrected chi connectivity index (χ4v) is 8.48. The maximum Gasteiger partial charge on any atom is 0.411 e. The van der Waals surface area contributed by atoms with E-state index in [9.17, 15) is 9.59 Å². The predicted octanol–water partition coefficient (Wildman–Crippen LogP) is 9.43. The van der Waals surface area contributed by atoms with Crippen molar-refractivity contribution in [1.29, 1.82) is 0 Å². The standard InChI is InChI=1S/C42H46N6O4/c1-41(2,3)51-39(49)47-33-17-25(33)19-35(47)37-43-21-31(45-37)24-15-13-23(14-16-24)27-9-7-11-29-28(27)10-8-12-30(29)32-22-44-38(46-32)36-20-26-18-34(26)48(36)40(50)52-42(4,5)6/h7-16,21-22,25-26,33-36H,17-20H2,1-6H3,(H,43,45)(H,44,46)/t25-,26-,33-,34-,35-,36+/m1/s1. The fraction of sp³-hybridized carbons (Fsp3) is 0.429. The molecule has 268 valence electrons.